The van der Waals surface area contributed by atoms with Crippen LogP contribution < -0.4 is 0 Å². The molecule has 1 aromatic carbocycles. The van der Waals surface area contributed by atoms with Crippen LogP contribution in [-0.4, -0.2) is 47.9 Å². The van der Waals surface area contributed by atoms with Gasteiger partial charge in [0, 0.05) is 37.1 Å². The summed E-state index contributed by atoms with van der Waals surface area (Å²) in [5, 5.41) is 0.787. The van der Waals surface area contributed by atoms with Gasteiger partial charge in [-0.3, -0.25) is 9.69 Å². The first-order valence-corrected chi connectivity index (χ1v) is 9.24. The van der Waals surface area contributed by atoms with Crippen LogP contribution in [0.3, 0.4) is 0 Å². The zero-order valence-corrected chi connectivity index (χ0v) is 15.2. The number of rotatable bonds is 8. The Morgan fingerprint density at radius 3 is 2.61 bits per heavy atom. The standard InChI is InChI=1S/C19H29ClN2O/c1-3-11-21(13-14-22-12-5-4-6-19(22)23)16(2)15-17-7-9-18(20)10-8-17/h7-10,16H,3-6,11-15H2,1-2H3. The van der Waals surface area contributed by atoms with Crippen molar-refractivity contribution >= 4 is 17.5 Å². The summed E-state index contributed by atoms with van der Waals surface area (Å²) < 4.78 is 0. The molecule has 1 atom stereocenters. The number of benzene rings is 1. The third-order valence-corrected chi connectivity index (χ3v) is 4.91. The summed E-state index contributed by atoms with van der Waals surface area (Å²) in [6.07, 6.45) is 5.10. The lowest BCUT2D eigenvalue weighted by molar-refractivity contribution is -0.133. The average Bonchev–Trinajstić information content (AvgIpc) is 2.55. The van der Waals surface area contributed by atoms with Gasteiger partial charge in [0.15, 0.2) is 0 Å². The molecule has 1 aliphatic rings. The molecule has 0 aromatic heterocycles. The van der Waals surface area contributed by atoms with Crippen molar-refractivity contribution in [3.63, 3.8) is 0 Å². The number of likely N-dealkylation sites (tertiary alicyclic amines) is 1. The molecule has 1 aliphatic heterocycles. The Bertz CT molecular complexity index is 489. The van der Waals surface area contributed by atoms with Crippen molar-refractivity contribution in [2.45, 2.75) is 52.0 Å². The summed E-state index contributed by atoms with van der Waals surface area (Å²) in [6.45, 7) is 8.34. The fourth-order valence-electron chi connectivity index (χ4n) is 3.28. The number of halogens is 1. The van der Waals surface area contributed by atoms with Crippen LogP contribution in [0.1, 0.15) is 45.1 Å². The molecule has 2 rings (SSSR count). The lowest BCUT2D eigenvalue weighted by Crippen LogP contribution is -2.44. The highest BCUT2D eigenvalue weighted by Crippen LogP contribution is 2.15. The maximum Gasteiger partial charge on any atom is 0.222 e. The molecule has 1 saturated heterocycles. The van der Waals surface area contributed by atoms with Crippen LogP contribution in [0, 0.1) is 0 Å². The number of carbonyl (C=O) groups is 1. The van der Waals surface area contributed by atoms with Gasteiger partial charge in [0.05, 0.1) is 0 Å². The smallest absolute Gasteiger partial charge is 0.222 e. The highest BCUT2D eigenvalue weighted by Gasteiger charge is 2.20. The molecule has 0 N–H and O–H groups in total. The second-order valence-electron chi connectivity index (χ2n) is 6.55. The molecule has 23 heavy (non-hydrogen) atoms. The van der Waals surface area contributed by atoms with Gasteiger partial charge in [-0.1, -0.05) is 30.7 Å². The number of hydrogen-bond acceptors (Lipinski definition) is 2. The Labute approximate surface area is 145 Å². The fourth-order valence-corrected chi connectivity index (χ4v) is 3.40. The molecule has 4 heteroatoms. The van der Waals surface area contributed by atoms with Crippen molar-refractivity contribution in [2.75, 3.05) is 26.2 Å². The van der Waals surface area contributed by atoms with Crippen LogP contribution in [0.5, 0.6) is 0 Å². The summed E-state index contributed by atoms with van der Waals surface area (Å²) in [7, 11) is 0. The fraction of sp³-hybridized carbons (Fsp3) is 0.632. The Morgan fingerprint density at radius 1 is 1.22 bits per heavy atom. The number of nitrogens with zero attached hydrogens (tertiary/aromatic N) is 2. The van der Waals surface area contributed by atoms with E-state index < -0.39 is 0 Å². The molecule has 0 radical (unpaired) electrons. The third kappa shape index (κ3) is 5.82. The third-order valence-electron chi connectivity index (χ3n) is 4.66. The number of amides is 1. The van der Waals surface area contributed by atoms with Crippen LogP contribution in [0.15, 0.2) is 24.3 Å². The van der Waals surface area contributed by atoms with Crippen molar-refractivity contribution in [2.24, 2.45) is 0 Å². The molecule has 1 fully saturated rings. The van der Waals surface area contributed by atoms with Crippen molar-refractivity contribution in [3.8, 4) is 0 Å². The van der Waals surface area contributed by atoms with Gasteiger partial charge >= 0.3 is 0 Å². The van der Waals surface area contributed by atoms with Crippen LogP contribution in [0.4, 0.5) is 0 Å². The molecule has 0 bridgehead atoms. The van der Waals surface area contributed by atoms with Crippen molar-refractivity contribution < 1.29 is 4.79 Å². The van der Waals surface area contributed by atoms with Gasteiger partial charge in [-0.2, -0.15) is 0 Å². The second-order valence-corrected chi connectivity index (χ2v) is 6.99. The summed E-state index contributed by atoms with van der Waals surface area (Å²) in [4.78, 5) is 16.5. The Kier molecular flexibility index (Phi) is 7.38. The minimum atomic E-state index is 0.332. The van der Waals surface area contributed by atoms with E-state index in [-0.39, 0.29) is 0 Å². The summed E-state index contributed by atoms with van der Waals surface area (Å²) in [5.41, 5.74) is 1.32. The van der Waals surface area contributed by atoms with E-state index in [1.165, 1.54) is 5.56 Å². The Morgan fingerprint density at radius 2 is 1.96 bits per heavy atom. The first-order chi connectivity index (χ1) is 11.1. The van der Waals surface area contributed by atoms with E-state index in [1.807, 2.05) is 17.0 Å². The van der Waals surface area contributed by atoms with Gasteiger partial charge in [0.2, 0.25) is 5.91 Å². The van der Waals surface area contributed by atoms with E-state index in [4.69, 9.17) is 11.6 Å². The van der Waals surface area contributed by atoms with Crippen LogP contribution >= 0.6 is 11.6 Å². The predicted molar refractivity (Wildman–Crippen MR) is 96.9 cm³/mol. The maximum atomic E-state index is 12.0. The van der Waals surface area contributed by atoms with Crippen LogP contribution in [0.2, 0.25) is 5.02 Å². The largest absolute Gasteiger partial charge is 0.341 e. The maximum absolute atomic E-state index is 12.0. The van der Waals surface area contributed by atoms with E-state index >= 15 is 0 Å². The molecule has 0 spiro atoms. The van der Waals surface area contributed by atoms with Gasteiger partial charge in [-0.05, 0) is 56.8 Å². The zero-order valence-electron chi connectivity index (χ0n) is 14.4. The van der Waals surface area contributed by atoms with Crippen molar-refractivity contribution in [1.29, 1.82) is 0 Å². The molecular formula is C19H29ClN2O. The highest BCUT2D eigenvalue weighted by atomic mass is 35.5. The first kappa shape index (κ1) is 18.3. The van der Waals surface area contributed by atoms with Gasteiger partial charge in [0.25, 0.3) is 0 Å². The second kappa shape index (κ2) is 9.29. The van der Waals surface area contributed by atoms with E-state index in [1.54, 1.807) is 0 Å². The molecule has 3 nitrogen and oxygen atoms in total. The molecule has 0 saturated carbocycles. The van der Waals surface area contributed by atoms with E-state index in [0.29, 0.717) is 11.9 Å². The molecule has 1 heterocycles. The number of piperidine rings is 1. The summed E-state index contributed by atoms with van der Waals surface area (Å²) in [6, 6.07) is 8.60. The quantitative estimate of drug-likeness (QED) is 0.716. The van der Waals surface area contributed by atoms with Gasteiger partial charge in [0.1, 0.15) is 0 Å². The predicted octanol–water partition coefficient (Wildman–Crippen LogP) is 4.00. The molecule has 1 unspecified atom stereocenters. The lowest BCUT2D eigenvalue weighted by Gasteiger charge is -2.33. The van der Waals surface area contributed by atoms with Crippen LogP contribution in [-0.2, 0) is 11.2 Å². The van der Waals surface area contributed by atoms with Crippen molar-refractivity contribution in [3.05, 3.63) is 34.9 Å². The molecule has 0 aliphatic carbocycles. The summed E-state index contributed by atoms with van der Waals surface area (Å²) in [5.74, 6) is 0.332. The van der Waals surface area contributed by atoms with Gasteiger partial charge < -0.3 is 4.90 Å². The number of hydrogen-bond donors (Lipinski definition) is 0. The molecule has 1 amide bonds. The Balaban J connectivity index is 1.88. The van der Waals surface area contributed by atoms with Gasteiger partial charge in [-0.25, -0.2) is 0 Å². The topological polar surface area (TPSA) is 23.6 Å². The average molecular weight is 337 g/mol. The highest BCUT2D eigenvalue weighted by molar-refractivity contribution is 6.30. The van der Waals surface area contributed by atoms with Crippen molar-refractivity contribution in [1.82, 2.24) is 9.80 Å². The first-order valence-electron chi connectivity index (χ1n) is 8.86. The molecule has 1 aromatic rings. The molecular weight excluding hydrogens is 308 g/mol. The number of carbonyl (C=O) groups excluding carboxylic acids is 1. The van der Waals surface area contributed by atoms with Crippen LogP contribution in [0.25, 0.3) is 0 Å². The zero-order chi connectivity index (χ0) is 16.7. The Hall–Kier alpha value is -1.06. The minimum Gasteiger partial charge on any atom is -0.341 e. The SMILES string of the molecule is CCCN(CCN1CCCCC1=O)C(C)Cc1ccc(Cl)cc1. The van der Waals surface area contributed by atoms with E-state index in [0.717, 1.165) is 63.3 Å². The van der Waals surface area contributed by atoms with E-state index in [2.05, 4.69) is 30.9 Å². The normalized spacial score (nSPS) is 16.9. The van der Waals surface area contributed by atoms with Gasteiger partial charge in [-0.15, -0.1) is 0 Å². The molecule has 128 valence electrons. The monoisotopic (exact) mass is 336 g/mol. The van der Waals surface area contributed by atoms with E-state index in [9.17, 15) is 4.79 Å². The summed E-state index contributed by atoms with van der Waals surface area (Å²) >= 11 is 5.96. The minimum absolute atomic E-state index is 0.332. The lowest BCUT2D eigenvalue weighted by atomic mass is 10.1.